The van der Waals surface area contributed by atoms with E-state index in [9.17, 15) is 10.1 Å². The van der Waals surface area contributed by atoms with Crippen LogP contribution in [0.5, 0.6) is 0 Å². The Bertz CT molecular complexity index is 961. The molecule has 0 N–H and O–H groups in total. The van der Waals surface area contributed by atoms with E-state index >= 15 is 0 Å². The fourth-order valence-electron chi connectivity index (χ4n) is 2.51. The molecule has 0 fully saturated rings. The Labute approximate surface area is 152 Å². The normalized spacial score (nSPS) is 11.0. The van der Waals surface area contributed by atoms with Gasteiger partial charge in [-0.2, -0.15) is 5.26 Å². The third kappa shape index (κ3) is 3.90. The first kappa shape index (κ1) is 17.2. The summed E-state index contributed by atoms with van der Waals surface area (Å²) in [5.74, 6) is 0.913. The number of carbonyl (C=O) groups excluding carboxylic acids is 1. The number of hydrogen-bond donors (Lipinski definition) is 0. The van der Waals surface area contributed by atoms with Gasteiger partial charge in [0.15, 0.2) is 0 Å². The molecule has 128 valence electrons. The highest BCUT2D eigenvalue weighted by molar-refractivity contribution is 5.90. The molecule has 2 aromatic carbocycles. The van der Waals surface area contributed by atoms with Crippen LogP contribution < -0.4 is 0 Å². The van der Waals surface area contributed by atoms with Gasteiger partial charge in [0.25, 0.3) is 0 Å². The lowest BCUT2D eigenvalue weighted by Gasteiger charge is -2.02. The minimum absolute atomic E-state index is 0.344. The summed E-state index contributed by atoms with van der Waals surface area (Å²) in [6, 6.07) is 22.3. The summed E-state index contributed by atoms with van der Waals surface area (Å²) in [6.07, 6.45) is 1.71. The standard InChI is InChI=1S/C22H17NO3/c1-2-25-22(24)18-10-8-17(9-11-18)21-13-12-20(26-21)14-19(15-23)16-6-4-3-5-7-16/h3-14H,2H2,1H3/b19-14-. The fraction of sp³-hybridized carbons (Fsp3) is 0.0909. The number of hydrogen-bond acceptors (Lipinski definition) is 4. The Kier molecular flexibility index (Phi) is 5.31. The van der Waals surface area contributed by atoms with Crippen LogP contribution in [0.4, 0.5) is 0 Å². The minimum atomic E-state index is -0.344. The van der Waals surface area contributed by atoms with Crippen molar-refractivity contribution in [1.29, 1.82) is 5.26 Å². The molecular formula is C22H17NO3. The molecule has 0 aliphatic carbocycles. The molecule has 4 heteroatoms. The summed E-state index contributed by atoms with van der Waals surface area (Å²) in [5.41, 5.74) is 2.71. The Hall–Kier alpha value is -3.58. The van der Waals surface area contributed by atoms with Crippen LogP contribution in [-0.4, -0.2) is 12.6 Å². The van der Waals surface area contributed by atoms with E-state index in [0.29, 0.717) is 29.3 Å². The molecule has 3 aromatic rings. The summed E-state index contributed by atoms with van der Waals surface area (Å²) >= 11 is 0. The van der Waals surface area contributed by atoms with Gasteiger partial charge in [0.2, 0.25) is 0 Å². The number of furan rings is 1. The van der Waals surface area contributed by atoms with E-state index in [0.717, 1.165) is 11.1 Å². The first-order chi connectivity index (χ1) is 12.7. The number of carbonyl (C=O) groups is 1. The molecule has 0 spiro atoms. The van der Waals surface area contributed by atoms with E-state index in [1.807, 2.05) is 42.5 Å². The van der Waals surface area contributed by atoms with Gasteiger partial charge in [-0.25, -0.2) is 4.79 Å². The highest BCUT2D eigenvalue weighted by Crippen LogP contribution is 2.25. The van der Waals surface area contributed by atoms with Crippen LogP contribution in [0.15, 0.2) is 71.1 Å². The average Bonchev–Trinajstić information content (AvgIpc) is 3.16. The summed E-state index contributed by atoms with van der Waals surface area (Å²) in [5, 5.41) is 9.39. The lowest BCUT2D eigenvalue weighted by atomic mass is 10.1. The van der Waals surface area contributed by atoms with Gasteiger partial charge in [0, 0.05) is 5.56 Å². The minimum Gasteiger partial charge on any atom is -0.462 e. The third-order valence-corrected chi connectivity index (χ3v) is 3.80. The van der Waals surface area contributed by atoms with Crippen molar-refractivity contribution in [3.8, 4) is 17.4 Å². The zero-order chi connectivity index (χ0) is 18.4. The van der Waals surface area contributed by atoms with Crippen molar-refractivity contribution in [2.75, 3.05) is 6.61 Å². The Morgan fingerprint density at radius 2 is 1.77 bits per heavy atom. The first-order valence-corrected chi connectivity index (χ1v) is 8.26. The maximum Gasteiger partial charge on any atom is 0.338 e. The topological polar surface area (TPSA) is 63.2 Å². The second kappa shape index (κ2) is 8.00. The molecular weight excluding hydrogens is 326 g/mol. The third-order valence-electron chi connectivity index (χ3n) is 3.80. The smallest absolute Gasteiger partial charge is 0.338 e. The Morgan fingerprint density at radius 3 is 2.42 bits per heavy atom. The van der Waals surface area contributed by atoms with Crippen LogP contribution in [0, 0.1) is 11.3 Å². The number of benzene rings is 2. The molecule has 1 aromatic heterocycles. The van der Waals surface area contributed by atoms with Crippen LogP contribution >= 0.6 is 0 Å². The Balaban J connectivity index is 1.83. The molecule has 0 unspecified atom stereocenters. The van der Waals surface area contributed by atoms with Crippen molar-refractivity contribution < 1.29 is 13.9 Å². The predicted octanol–water partition coefficient (Wildman–Crippen LogP) is 5.19. The molecule has 0 radical (unpaired) electrons. The number of allylic oxidation sites excluding steroid dienone is 1. The van der Waals surface area contributed by atoms with Crippen molar-refractivity contribution in [2.24, 2.45) is 0 Å². The average molecular weight is 343 g/mol. The van der Waals surface area contributed by atoms with Crippen LogP contribution in [0.2, 0.25) is 0 Å². The monoisotopic (exact) mass is 343 g/mol. The molecule has 0 aliphatic rings. The fourth-order valence-corrected chi connectivity index (χ4v) is 2.51. The SMILES string of the molecule is CCOC(=O)c1ccc(-c2ccc(/C=C(/C#N)c3ccccc3)o2)cc1. The number of nitrogens with zero attached hydrogens (tertiary/aromatic N) is 1. The quantitative estimate of drug-likeness (QED) is 0.472. The highest BCUT2D eigenvalue weighted by atomic mass is 16.5. The zero-order valence-electron chi connectivity index (χ0n) is 14.3. The van der Waals surface area contributed by atoms with Crippen LogP contribution in [-0.2, 0) is 4.74 Å². The van der Waals surface area contributed by atoms with Gasteiger partial charge < -0.3 is 9.15 Å². The van der Waals surface area contributed by atoms with Crippen molar-refractivity contribution in [3.05, 3.63) is 83.6 Å². The number of ether oxygens (including phenoxy) is 1. The van der Waals surface area contributed by atoms with E-state index in [2.05, 4.69) is 6.07 Å². The van der Waals surface area contributed by atoms with Gasteiger partial charge in [-0.05, 0) is 42.8 Å². The summed E-state index contributed by atoms with van der Waals surface area (Å²) in [7, 11) is 0. The van der Waals surface area contributed by atoms with Gasteiger partial charge in [-0.15, -0.1) is 0 Å². The largest absolute Gasteiger partial charge is 0.462 e. The molecule has 4 nitrogen and oxygen atoms in total. The second-order valence-corrected chi connectivity index (χ2v) is 5.54. The summed E-state index contributed by atoms with van der Waals surface area (Å²) < 4.78 is 10.8. The summed E-state index contributed by atoms with van der Waals surface area (Å²) in [6.45, 7) is 2.12. The molecule has 26 heavy (non-hydrogen) atoms. The molecule has 3 rings (SSSR count). The van der Waals surface area contributed by atoms with Gasteiger partial charge >= 0.3 is 5.97 Å². The molecule has 0 bridgehead atoms. The Morgan fingerprint density at radius 1 is 1.04 bits per heavy atom. The highest BCUT2D eigenvalue weighted by Gasteiger charge is 2.09. The van der Waals surface area contributed by atoms with E-state index in [1.54, 1.807) is 37.3 Å². The molecule has 1 heterocycles. The van der Waals surface area contributed by atoms with Gasteiger partial charge in [0.05, 0.1) is 23.8 Å². The van der Waals surface area contributed by atoms with Crippen molar-refractivity contribution >= 4 is 17.6 Å². The van der Waals surface area contributed by atoms with Crippen LogP contribution in [0.25, 0.3) is 23.0 Å². The van der Waals surface area contributed by atoms with Gasteiger partial charge in [-0.1, -0.05) is 42.5 Å². The van der Waals surface area contributed by atoms with E-state index in [-0.39, 0.29) is 5.97 Å². The van der Waals surface area contributed by atoms with Gasteiger partial charge in [0.1, 0.15) is 11.5 Å². The summed E-state index contributed by atoms with van der Waals surface area (Å²) in [4.78, 5) is 11.7. The van der Waals surface area contributed by atoms with Gasteiger partial charge in [-0.3, -0.25) is 0 Å². The second-order valence-electron chi connectivity index (χ2n) is 5.54. The molecule has 0 aliphatic heterocycles. The number of esters is 1. The maximum absolute atomic E-state index is 11.7. The first-order valence-electron chi connectivity index (χ1n) is 8.26. The predicted molar refractivity (Wildman–Crippen MR) is 100 cm³/mol. The molecule has 0 saturated carbocycles. The zero-order valence-corrected chi connectivity index (χ0v) is 14.3. The lowest BCUT2D eigenvalue weighted by Crippen LogP contribution is -2.03. The van der Waals surface area contributed by atoms with E-state index in [1.165, 1.54) is 0 Å². The maximum atomic E-state index is 11.7. The molecule has 0 saturated heterocycles. The van der Waals surface area contributed by atoms with Crippen molar-refractivity contribution in [2.45, 2.75) is 6.92 Å². The van der Waals surface area contributed by atoms with Crippen LogP contribution in [0.3, 0.4) is 0 Å². The molecule has 0 amide bonds. The van der Waals surface area contributed by atoms with Crippen molar-refractivity contribution in [1.82, 2.24) is 0 Å². The number of nitriles is 1. The van der Waals surface area contributed by atoms with Crippen LogP contribution in [0.1, 0.15) is 28.6 Å². The number of rotatable bonds is 5. The lowest BCUT2D eigenvalue weighted by molar-refractivity contribution is 0.0526. The van der Waals surface area contributed by atoms with E-state index < -0.39 is 0 Å². The van der Waals surface area contributed by atoms with E-state index in [4.69, 9.17) is 9.15 Å². The van der Waals surface area contributed by atoms with Crippen molar-refractivity contribution in [3.63, 3.8) is 0 Å². The molecule has 0 atom stereocenters.